The SMILES string of the molecule is CCOC(=O)c1ccc(NC(=O)N(CC(=O)N(Cc2ccc(F)cc2)Cc2cccs2)C(C)CC)cc1. The Hall–Kier alpha value is -3.72. The number of nitrogens with zero attached hydrogens (tertiary/aromatic N) is 2. The van der Waals surface area contributed by atoms with Gasteiger partial charge in [-0.05, 0) is 73.7 Å². The third-order valence-corrected chi connectivity index (χ3v) is 6.76. The van der Waals surface area contributed by atoms with E-state index in [0.717, 1.165) is 10.4 Å². The van der Waals surface area contributed by atoms with Crippen molar-refractivity contribution in [2.75, 3.05) is 18.5 Å². The van der Waals surface area contributed by atoms with Crippen molar-refractivity contribution in [1.82, 2.24) is 9.80 Å². The summed E-state index contributed by atoms with van der Waals surface area (Å²) in [5.41, 5.74) is 1.69. The predicted octanol–water partition coefficient (Wildman–Crippen LogP) is 5.93. The number of halogens is 1. The van der Waals surface area contributed by atoms with Crippen LogP contribution in [-0.2, 0) is 22.6 Å². The topological polar surface area (TPSA) is 79.0 Å². The number of benzene rings is 2. The van der Waals surface area contributed by atoms with Gasteiger partial charge in [0.05, 0.1) is 18.7 Å². The third-order valence-electron chi connectivity index (χ3n) is 5.90. The van der Waals surface area contributed by atoms with E-state index in [1.165, 1.54) is 17.0 Å². The summed E-state index contributed by atoms with van der Waals surface area (Å²) >= 11 is 1.55. The van der Waals surface area contributed by atoms with Gasteiger partial charge in [-0.15, -0.1) is 11.3 Å². The van der Waals surface area contributed by atoms with Crippen molar-refractivity contribution in [3.05, 3.63) is 87.9 Å². The van der Waals surface area contributed by atoms with Gasteiger partial charge in [0, 0.05) is 23.2 Å². The van der Waals surface area contributed by atoms with Gasteiger partial charge in [0.2, 0.25) is 5.91 Å². The van der Waals surface area contributed by atoms with E-state index >= 15 is 0 Å². The van der Waals surface area contributed by atoms with Crippen LogP contribution in [-0.4, -0.2) is 46.9 Å². The standard InChI is InChI=1S/C28H32FN3O4S/c1-4-20(3)32(28(35)30-24-14-10-22(11-15-24)27(34)36-5-2)19-26(33)31(18-25-7-6-16-37-25)17-21-8-12-23(29)13-9-21/h6-16,20H,4-5,17-19H2,1-3H3,(H,30,35). The maximum Gasteiger partial charge on any atom is 0.338 e. The van der Waals surface area contributed by atoms with Crippen molar-refractivity contribution in [3.63, 3.8) is 0 Å². The van der Waals surface area contributed by atoms with E-state index < -0.39 is 12.0 Å². The second kappa shape index (κ2) is 13.5. The molecule has 3 rings (SSSR count). The molecule has 0 saturated heterocycles. The highest BCUT2D eigenvalue weighted by Gasteiger charge is 2.25. The number of hydrogen-bond donors (Lipinski definition) is 1. The number of urea groups is 1. The summed E-state index contributed by atoms with van der Waals surface area (Å²) in [7, 11) is 0. The molecule has 1 heterocycles. The zero-order valence-electron chi connectivity index (χ0n) is 21.3. The van der Waals surface area contributed by atoms with Crippen molar-refractivity contribution in [3.8, 4) is 0 Å². The highest BCUT2D eigenvalue weighted by molar-refractivity contribution is 7.09. The first-order chi connectivity index (χ1) is 17.8. The van der Waals surface area contributed by atoms with Crippen LogP contribution < -0.4 is 5.32 Å². The molecule has 1 atom stereocenters. The number of thiophene rings is 1. The van der Waals surface area contributed by atoms with Gasteiger partial charge in [0.15, 0.2) is 0 Å². The molecule has 0 aliphatic heterocycles. The Bertz CT molecular complexity index is 1170. The Morgan fingerprint density at radius 3 is 2.30 bits per heavy atom. The van der Waals surface area contributed by atoms with Gasteiger partial charge >= 0.3 is 12.0 Å². The Balaban J connectivity index is 1.74. The number of hydrogen-bond acceptors (Lipinski definition) is 5. The van der Waals surface area contributed by atoms with Crippen LogP contribution in [0.4, 0.5) is 14.9 Å². The summed E-state index contributed by atoms with van der Waals surface area (Å²) in [4.78, 5) is 42.8. The van der Waals surface area contributed by atoms with Gasteiger partial charge < -0.3 is 19.9 Å². The molecule has 3 amide bonds. The van der Waals surface area contributed by atoms with Crippen LogP contribution in [0.2, 0.25) is 0 Å². The Labute approximate surface area is 220 Å². The number of rotatable bonds is 11. The van der Waals surface area contributed by atoms with Gasteiger partial charge in [-0.1, -0.05) is 25.1 Å². The summed E-state index contributed by atoms with van der Waals surface area (Å²) in [5.74, 6) is -0.986. The van der Waals surface area contributed by atoms with Crippen LogP contribution in [0.5, 0.6) is 0 Å². The fourth-order valence-corrected chi connectivity index (χ4v) is 4.35. The molecular formula is C28H32FN3O4S. The highest BCUT2D eigenvalue weighted by Crippen LogP contribution is 2.18. The number of carbonyl (C=O) groups is 3. The highest BCUT2D eigenvalue weighted by atomic mass is 32.1. The second-order valence-corrected chi connectivity index (χ2v) is 9.60. The molecule has 0 radical (unpaired) electrons. The molecule has 7 nitrogen and oxygen atoms in total. The molecular weight excluding hydrogens is 493 g/mol. The maximum atomic E-state index is 13.5. The van der Waals surface area contributed by atoms with E-state index in [9.17, 15) is 18.8 Å². The Morgan fingerprint density at radius 1 is 1.00 bits per heavy atom. The molecule has 0 bridgehead atoms. The Morgan fingerprint density at radius 2 is 1.70 bits per heavy atom. The first kappa shape index (κ1) is 27.9. The van der Waals surface area contributed by atoms with Crippen LogP contribution >= 0.6 is 11.3 Å². The quantitative estimate of drug-likeness (QED) is 0.315. The molecule has 1 unspecified atom stereocenters. The van der Waals surface area contributed by atoms with Crippen molar-refractivity contribution in [2.45, 2.75) is 46.3 Å². The van der Waals surface area contributed by atoms with Crippen molar-refractivity contribution >= 4 is 34.9 Å². The minimum atomic E-state index is -0.431. The fourth-order valence-electron chi connectivity index (χ4n) is 3.63. The van der Waals surface area contributed by atoms with Crippen LogP contribution in [0.15, 0.2) is 66.0 Å². The minimum absolute atomic E-state index is 0.117. The normalized spacial score (nSPS) is 11.5. The molecule has 0 spiro atoms. The lowest BCUT2D eigenvalue weighted by molar-refractivity contribution is -0.133. The number of anilines is 1. The number of esters is 1. The minimum Gasteiger partial charge on any atom is -0.462 e. The monoisotopic (exact) mass is 525 g/mol. The van der Waals surface area contributed by atoms with E-state index in [1.54, 1.807) is 59.6 Å². The smallest absolute Gasteiger partial charge is 0.338 e. The second-order valence-electron chi connectivity index (χ2n) is 8.57. The van der Waals surface area contributed by atoms with Gasteiger partial charge in [0.25, 0.3) is 0 Å². The van der Waals surface area contributed by atoms with Crippen LogP contribution in [0.3, 0.4) is 0 Å². The average molecular weight is 526 g/mol. The zero-order chi connectivity index (χ0) is 26.8. The molecule has 0 fully saturated rings. The molecule has 0 aliphatic carbocycles. The number of amides is 3. The first-order valence-corrected chi connectivity index (χ1v) is 13.1. The van der Waals surface area contributed by atoms with E-state index in [1.807, 2.05) is 31.4 Å². The first-order valence-electron chi connectivity index (χ1n) is 12.2. The molecule has 0 saturated carbocycles. The lowest BCUT2D eigenvalue weighted by atomic mass is 10.2. The lowest BCUT2D eigenvalue weighted by Gasteiger charge is -2.31. The largest absolute Gasteiger partial charge is 0.462 e. The van der Waals surface area contributed by atoms with Gasteiger partial charge in [-0.2, -0.15) is 0 Å². The molecule has 37 heavy (non-hydrogen) atoms. The van der Waals surface area contributed by atoms with E-state index in [-0.39, 0.29) is 30.9 Å². The molecule has 196 valence electrons. The fraction of sp³-hybridized carbons (Fsp3) is 0.321. The summed E-state index contributed by atoms with van der Waals surface area (Å²) in [6.45, 7) is 6.42. The van der Waals surface area contributed by atoms with E-state index in [2.05, 4.69) is 5.32 Å². The van der Waals surface area contributed by atoms with E-state index in [4.69, 9.17) is 4.74 Å². The van der Waals surface area contributed by atoms with E-state index in [0.29, 0.717) is 30.8 Å². The number of ether oxygens (including phenoxy) is 1. The number of nitrogens with one attached hydrogen (secondary N) is 1. The van der Waals surface area contributed by atoms with Crippen LogP contribution in [0, 0.1) is 5.82 Å². The average Bonchev–Trinajstić information content (AvgIpc) is 3.41. The molecule has 3 aromatic rings. The van der Waals surface area contributed by atoms with Gasteiger partial charge in [-0.3, -0.25) is 4.79 Å². The van der Waals surface area contributed by atoms with Crippen molar-refractivity contribution in [2.24, 2.45) is 0 Å². The van der Waals surface area contributed by atoms with Gasteiger partial charge in [-0.25, -0.2) is 14.0 Å². The Kier molecular flexibility index (Phi) is 10.2. The summed E-state index contributed by atoms with van der Waals surface area (Å²) in [6.07, 6.45) is 0.658. The predicted molar refractivity (Wildman–Crippen MR) is 143 cm³/mol. The summed E-state index contributed by atoms with van der Waals surface area (Å²) in [5, 5.41) is 4.77. The third kappa shape index (κ3) is 8.15. The molecule has 0 aliphatic rings. The molecule has 2 aromatic carbocycles. The van der Waals surface area contributed by atoms with Crippen molar-refractivity contribution in [1.29, 1.82) is 0 Å². The van der Waals surface area contributed by atoms with Crippen molar-refractivity contribution < 1.29 is 23.5 Å². The summed E-state index contributed by atoms with van der Waals surface area (Å²) in [6, 6.07) is 15.7. The lowest BCUT2D eigenvalue weighted by Crippen LogP contribution is -2.47. The molecule has 1 aromatic heterocycles. The van der Waals surface area contributed by atoms with Crippen LogP contribution in [0.25, 0.3) is 0 Å². The molecule has 1 N–H and O–H groups in total. The zero-order valence-corrected chi connectivity index (χ0v) is 22.1. The maximum absolute atomic E-state index is 13.5. The number of carbonyl (C=O) groups excluding carboxylic acids is 3. The summed E-state index contributed by atoms with van der Waals surface area (Å²) < 4.78 is 18.4. The van der Waals surface area contributed by atoms with Gasteiger partial charge in [0.1, 0.15) is 12.4 Å². The van der Waals surface area contributed by atoms with Crippen LogP contribution in [0.1, 0.15) is 48.0 Å². The molecule has 9 heteroatoms.